The maximum atomic E-state index is 13.8. The molecule has 1 N–H and O–H groups in total. The molecular weight excluding hydrogens is 267 g/mol. The van der Waals surface area contributed by atoms with Crippen LogP contribution in [0.2, 0.25) is 0 Å². The van der Waals surface area contributed by atoms with Gasteiger partial charge in [-0.1, -0.05) is 6.07 Å². The topological polar surface area (TPSA) is 21.3 Å². The maximum absolute atomic E-state index is 13.8. The molecule has 0 aliphatic carbocycles. The summed E-state index contributed by atoms with van der Waals surface area (Å²) in [5.74, 6) is -3.21. The first-order chi connectivity index (χ1) is 9.51. The monoisotopic (exact) mass is 281 g/mol. The first-order valence-electron chi connectivity index (χ1n) is 6.08. The minimum Gasteiger partial charge on any atom is -0.448 e. The van der Waals surface area contributed by atoms with Gasteiger partial charge >= 0.3 is 0 Å². The zero-order valence-corrected chi connectivity index (χ0v) is 11.1. The van der Waals surface area contributed by atoms with Crippen LogP contribution >= 0.6 is 0 Å². The fourth-order valence-corrected chi connectivity index (χ4v) is 1.81. The Morgan fingerprint density at radius 3 is 2.25 bits per heavy atom. The molecule has 20 heavy (non-hydrogen) atoms. The number of aryl methyl sites for hydroxylation is 1. The Bertz CT molecular complexity index is 606. The normalized spacial score (nSPS) is 10.7. The van der Waals surface area contributed by atoms with E-state index in [0.717, 1.165) is 17.7 Å². The molecular formula is C15H14F3NO. The molecule has 0 aliphatic heterocycles. The van der Waals surface area contributed by atoms with Gasteiger partial charge < -0.3 is 10.1 Å². The van der Waals surface area contributed by atoms with Crippen LogP contribution in [0.3, 0.4) is 0 Å². The van der Waals surface area contributed by atoms with Gasteiger partial charge in [0.25, 0.3) is 0 Å². The summed E-state index contributed by atoms with van der Waals surface area (Å²) in [4.78, 5) is 0. The fraction of sp³-hybridized carbons (Fsp3) is 0.200. The summed E-state index contributed by atoms with van der Waals surface area (Å²) in [5, 5.41) is 2.79. The highest BCUT2D eigenvalue weighted by Gasteiger charge is 2.15. The lowest BCUT2D eigenvalue weighted by Gasteiger charge is -2.11. The Labute approximate surface area is 115 Å². The van der Waals surface area contributed by atoms with E-state index in [1.165, 1.54) is 12.1 Å². The zero-order chi connectivity index (χ0) is 14.7. The van der Waals surface area contributed by atoms with Crippen molar-refractivity contribution in [1.29, 1.82) is 0 Å². The van der Waals surface area contributed by atoms with Gasteiger partial charge in [0.2, 0.25) is 0 Å². The molecule has 0 radical (unpaired) electrons. The van der Waals surface area contributed by atoms with Gasteiger partial charge in [-0.25, -0.2) is 13.2 Å². The average Bonchev–Trinajstić information content (AvgIpc) is 2.38. The third kappa shape index (κ3) is 3.11. The third-order valence-electron chi connectivity index (χ3n) is 2.74. The van der Waals surface area contributed by atoms with Crippen molar-refractivity contribution in [3.05, 3.63) is 58.9 Å². The highest BCUT2D eigenvalue weighted by Crippen LogP contribution is 2.30. The van der Waals surface area contributed by atoms with Crippen LogP contribution in [0, 0.1) is 24.4 Å². The van der Waals surface area contributed by atoms with Crippen LogP contribution in [0.25, 0.3) is 0 Å². The van der Waals surface area contributed by atoms with Crippen LogP contribution in [-0.2, 0) is 6.54 Å². The number of hydrogen-bond acceptors (Lipinski definition) is 2. The summed E-state index contributed by atoms with van der Waals surface area (Å²) in [7, 11) is 1.67. The lowest BCUT2D eigenvalue weighted by Crippen LogP contribution is -2.06. The molecule has 0 aliphatic rings. The summed E-state index contributed by atoms with van der Waals surface area (Å²) < 4.78 is 46.3. The van der Waals surface area contributed by atoms with E-state index in [0.29, 0.717) is 12.1 Å². The quantitative estimate of drug-likeness (QED) is 0.917. The van der Waals surface area contributed by atoms with E-state index >= 15 is 0 Å². The zero-order valence-electron chi connectivity index (χ0n) is 11.1. The molecule has 0 fully saturated rings. The second-order valence-corrected chi connectivity index (χ2v) is 4.45. The number of hydrogen-bond donors (Lipinski definition) is 1. The van der Waals surface area contributed by atoms with Crippen LogP contribution in [0.4, 0.5) is 13.2 Å². The molecule has 0 saturated carbocycles. The molecule has 0 amide bonds. The molecule has 0 heterocycles. The summed E-state index contributed by atoms with van der Waals surface area (Å²) in [6, 6.07) is 6.43. The van der Waals surface area contributed by atoms with E-state index in [1.54, 1.807) is 20.0 Å². The van der Waals surface area contributed by atoms with E-state index in [9.17, 15) is 13.2 Å². The summed E-state index contributed by atoms with van der Waals surface area (Å²) in [5.41, 5.74) is 1.17. The first kappa shape index (κ1) is 14.4. The van der Waals surface area contributed by atoms with Gasteiger partial charge in [-0.05, 0) is 49.4 Å². The van der Waals surface area contributed by atoms with E-state index in [-0.39, 0.29) is 5.75 Å². The first-order valence-corrected chi connectivity index (χ1v) is 6.08. The van der Waals surface area contributed by atoms with Crippen molar-refractivity contribution in [2.24, 2.45) is 0 Å². The molecule has 0 bridgehead atoms. The SMILES string of the molecule is CNCc1cc(F)c(Oc2cc(C)ccc2F)c(F)c1. The Hall–Kier alpha value is -2.01. The van der Waals surface area contributed by atoms with Crippen molar-refractivity contribution >= 4 is 0 Å². The lowest BCUT2D eigenvalue weighted by atomic mass is 10.2. The van der Waals surface area contributed by atoms with Gasteiger partial charge in [0.05, 0.1) is 0 Å². The van der Waals surface area contributed by atoms with Crippen molar-refractivity contribution in [3.63, 3.8) is 0 Å². The van der Waals surface area contributed by atoms with Gasteiger partial charge in [0.1, 0.15) is 0 Å². The molecule has 2 rings (SSSR count). The Kier molecular flexibility index (Phi) is 4.29. The molecule has 0 saturated heterocycles. The fourth-order valence-electron chi connectivity index (χ4n) is 1.81. The van der Waals surface area contributed by atoms with Crippen molar-refractivity contribution in [2.45, 2.75) is 13.5 Å². The maximum Gasteiger partial charge on any atom is 0.198 e. The number of benzene rings is 2. The van der Waals surface area contributed by atoms with E-state index in [1.807, 2.05) is 0 Å². The molecule has 0 atom stereocenters. The Morgan fingerprint density at radius 2 is 1.65 bits per heavy atom. The molecule has 0 aromatic heterocycles. The van der Waals surface area contributed by atoms with Crippen LogP contribution in [0.15, 0.2) is 30.3 Å². The lowest BCUT2D eigenvalue weighted by molar-refractivity contribution is 0.386. The molecule has 5 heteroatoms. The van der Waals surface area contributed by atoms with E-state index in [2.05, 4.69) is 5.32 Å². The second kappa shape index (κ2) is 5.96. The number of nitrogens with one attached hydrogen (secondary N) is 1. The number of halogens is 3. The van der Waals surface area contributed by atoms with Crippen LogP contribution in [0.1, 0.15) is 11.1 Å². The molecule has 106 valence electrons. The van der Waals surface area contributed by atoms with Crippen molar-refractivity contribution < 1.29 is 17.9 Å². The third-order valence-corrected chi connectivity index (χ3v) is 2.74. The predicted octanol–water partition coefficient (Wildman–Crippen LogP) is 3.92. The molecule has 2 nitrogen and oxygen atoms in total. The minimum absolute atomic E-state index is 0.204. The highest BCUT2D eigenvalue weighted by atomic mass is 19.1. The van der Waals surface area contributed by atoms with Crippen molar-refractivity contribution in [2.75, 3.05) is 7.05 Å². The van der Waals surface area contributed by atoms with Crippen LogP contribution < -0.4 is 10.1 Å². The highest BCUT2D eigenvalue weighted by molar-refractivity contribution is 5.38. The summed E-state index contributed by atoms with van der Waals surface area (Å²) in [6.07, 6.45) is 0. The van der Waals surface area contributed by atoms with Crippen LogP contribution in [-0.4, -0.2) is 7.05 Å². The Balaban J connectivity index is 2.36. The van der Waals surface area contributed by atoms with Crippen molar-refractivity contribution in [3.8, 4) is 11.5 Å². The van der Waals surface area contributed by atoms with Gasteiger partial charge in [0.15, 0.2) is 29.0 Å². The van der Waals surface area contributed by atoms with E-state index in [4.69, 9.17) is 4.74 Å². The molecule has 2 aromatic carbocycles. The van der Waals surface area contributed by atoms with Gasteiger partial charge in [-0.15, -0.1) is 0 Å². The van der Waals surface area contributed by atoms with Gasteiger partial charge in [0, 0.05) is 6.54 Å². The Morgan fingerprint density at radius 1 is 1.00 bits per heavy atom. The smallest absolute Gasteiger partial charge is 0.198 e. The minimum atomic E-state index is -0.865. The summed E-state index contributed by atoms with van der Waals surface area (Å²) >= 11 is 0. The molecule has 0 spiro atoms. The standard InChI is InChI=1S/C15H14F3NO/c1-9-3-4-11(16)14(5-9)20-15-12(17)6-10(8-19-2)7-13(15)18/h3-7,19H,8H2,1-2H3. The molecule has 2 aromatic rings. The average molecular weight is 281 g/mol. The van der Waals surface area contributed by atoms with Crippen molar-refractivity contribution in [1.82, 2.24) is 5.32 Å². The van der Waals surface area contributed by atoms with Gasteiger partial charge in [-0.2, -0.15) is 0 Å². The van der Waals surface area contributed by atoms with Crippen LogP contribution in [0.5, 0.6) is 11.5 Å². The van der Waals surface area contributed by atoms with Gasteiger partial charge in [-0.3, -0.25) is 0 Å². The number of ether oxygens (including phenoxy) is 1. The summed E-state index contributed by atoms with van der Waals surface area (Å²) in [6.45, 7) is 2.06. The second-order valence-electron chi connectivity index (χ2n) is 4.45. The van der Waals surface area contributed by atoms with E-state index < -0.39 is 23.2 Å². The predicted molar refractivity (Wildman–Crippen MR) is 70.3 cm³/mol. The largest absolute Gasteiger partial charge is 0.448 e. The molecule has 0 unspecified atom stereocenters. The number of rotatable bonds is 4.